The summed E-state index contributed by atoms with van der Waals surface area (Å²) < 4.78 is 12.4. The van der Waals surface area contributed by atoms with Gasteiger partial charge in [0.1, 0.15) is 11.6 Å². The molecule has 0 aromatic rings. The van der Waals surface area contributed by atoms with Crippen LogP contribution in [0.3, 0.4) is 0 Å². The number of unbranched alkanes of at least 4 members (excludes halogenated alkanes) is 3. The molecule has 1 spiro atoms. The van der Waals surface area contributed by atoms with Gasteiger partial charge < -0.3 is 29.3 Å². The van der Waals surface area contributed by atoms with Gasteiger partial charge in [-0.05, 0) is 26.2 Å². The smallest absolute Gasteiger partial charge is 0.249 e. The Bertz CT molecular complexity index is 1010. The first-order valence-corrected chi connectivity index (χ1v) is 15.2. The zero-order valence-electron chi connectivity index (χ0n) is 24.1. The van der Waals surface area contributed by atoms with E-state index < -0.39 is 29.1 Å². The monoisotopic (exact) mass is 558 g/mol. The van der Waals surface area contributed by atoms with Crippen LogP contribution in [0.2, 0.25) is 0 Å². The van der Waals surface area contributed by atoms with E-state index in [4.69, 9.17) is 9.47 Å². The molecule has 5 heterocycles. The first kappa shape index (κ1) is 29.2. The van der Waals surface area contributed by atoms with Gasteiger partial charge in [0.25, 0.3) is 0 Å². The fourth-order valence-corrected chi connectivity index (χ4v) is 7.37. The predicted octanol–water partition coefficient (Wildman–Crippen LogP) is 1.05. The van der Waals surface area contributed by atoms with Crippen molar-refractivity contribution >= 4 is 17.7 Å². The van der Waals surface area contributed by atoms with Gasteiger partial charge in [0.05, 0.1) is 30.7 Å². The zero-order chi connectivity index (χ0) is 28.3. The molecule has 10 heteroatoms. The minimum absolute atomic E-state index is 0.0672. The van der Waals surface area contributed by atoms with Gasteiger partial charge in [0, 0.05) is 59.0 Å². The molecule has 3 fully saturated rings. The largest absolute Gasteiger partial charge is 0.396 e. The molecule has 3 saturated heterocycles. The summed E-state index contributed by atoms with van der Waals surface area (Å²) in [5.41, 5.74) is -2.17. The fraction of sp³-hybridized carbons (Fsp3) is 0.767. The summed E-state index contributed by atoms with van der Waals surface area (Å²) in [6.07, 6.45) is 11.8. The Labute approximate surface area is 237 Å². The van der Waals surface area contributed by atoms with Crippen LogP contribution in [0.5, 0.6) is 0 Å². The molecule has 5 aliphatic heterocycles. The van der Waals surface area contributed by atoms with E-state index >= 15 is 0 Å². The normalized spacial score (nSPS) is 34.2. The number of morpholine rings is 1. The number of ether oxygens (including phenoxy) is 2. The Morgan fingerprint density at radius 2 is 1.55 bits per heavy atom. The van der Waals surface area contributed by atoms with Crippen LogP contribution in [0, 0.1) is 11.8 Å². The highest BCUT2D eigenvalue weighted by molar-refractivity contribution is 6.00. The molecule has 0 bridgehead atoms. The lowest BCUT2D eigenvalue weighted by Gasteiger charge is -2.38. The van der Waals surface area contributed by atoms with E-state index in [0.29, 0.717) is 45.9 Å². The molecule has 5 atom stereocenters. The Kier molecular flexibility index (Phi) is 8.99. The lowest BCUT2D eigenvalue weighted by Crippen LogP contribution is -2.56. The van der Waals surface area contributed by atoms with Gasteiger partial charge in [-0.15, -0.1) is 0 Å². The second-order valence-electron chi connectivity index (χ2n) is 12.0. The molecule has 0 radical (unpaired) electrons. The molecule has 1 N–H and O–H groups in total. The highest BCUT2D eigenvalue weighted by Gasteiger charge is 2.74. The molecule has 1 unspecified atom stereocenters. The average molecular weight is 559 g/mol. The standard InChI is InChI=1S/C30H46N4O6/c1-3-12-32-13-8-10-29(2)23(26(32)36)24-27(37)34(15-6-4-5-7-20-35)25-28(38)33(14-9-11-30(24,25)40-29)17-16-31-18-21-39-22-19-31/h8-11,23-25,35H,3-7,12-22H2,1-2H3/t23-,24+,25?,29+,30+/m1/s1. The number of aliphatic hydroxyl groups is 1. The van der Waals surface area contributed by atoms with Crippen molar-refractivity contribution in [3.05, 3.63) is 24.3 Å². The number of hydrogen-bond donors (Lipinski definition) is 1. The molecule has 5 aliphatic rings. The quantitative estimate of drug-likeness (QED) is 0.299. The third kappa shape index (κ3) is 5.24. The Morgan fingerprint density at radius 3 is 2.27 bits per heavy atom. The minimum atomic E-state index is -1.19. The third-order valence-electron chi connectivity index (χ3n) is 9.31. The molecule has 0 saturated carbocycles. The zero-order valence-corrected chi connectivity index (χ0v) is 24.1. The van der Waals surface area contributed by atoms with Crippen molar-refractivity contribution in [3.63, 3.8) is 0 Å². The van der Waals surface area contributed by atoms with Crippen molar-refractivity contribution < 1.29 is 29.0 Å². The second kappa shape index (κ2) is 12.3. The van der Waals surface area contributed by atoms with Gasteiger partial charge in [-0.3, -0.25) is 19.3 Å². The van der Waals surface area contributed by atoms with Crippen LogP contribution in [0.1, 0.15) is 46.0 Å². The van der Waals surface area contributed by atoms with Crippen molar-refractivity contribution in [1.29, 1.82) is 0 Å². The van der Waals surface area contributed by atoms with Crippen LogP contribution >= 0.6 is 0 Å². The maximum atomic E-state index is 14.4. The molecule has 0 aromatic heterocycles. The lowest BCUT2D eigenvalue weighted by atomic mass is 9.74. The Hall–Kier alpha value is -2.27. The summed E-state index contributed by atoms with van der Waals surface area (Å²) in [5.74, 6) is -1.78. The first-order valence-electron chi connectivity index (χ1n) is 15.2. The van der Waals surface area contributed by atoms with E-state index in [1.807, 2.05) is 48.0 Å². The first-order chi connectivity index (χ1) is 19.4. The average Bonchev–Trinajstić information content (AvgIpc) is 3.21. The van der Waals surface area contributed by atoms with E-state index in [9.17, 15) is 19.5 Å². The molecular formula is C30H46N4O6. The van der Waals surface area contributed by atoms with Gasteiger partial charge in [-0.2, -0.15) is 0 Å². The van der Waals surface area contributed by atoms with Crippen LogP contribution in [0.25, 0.3) is 0 Å². The molecule has 222 valence electrons. The van der Waals surface area contributed by atoms with Crippen molar-refractivity contribution in [2.45, 2.75) is 63.2 Å². The van der Waals surface area contributed by atoms with Crippen molar-refractivity contribution in [1.82, 2.24) is 19.6 Å². The summed E-state index contributed by atoms with van der Waals surface area (Å²) in [4.78, 5) is 50.4. The lowest BCUT2D eigenvalue weighted by molar-refractivity contribution is -0.152. The number of fused-ring (bicyclic) bond motifs is 2. The molecule has 0 aromatic carbocycles. The predicted molar refractivity (Wildman–Crippen MR) is 149 cm³/mol. The van der Waals surface area contributed by atoms with Crippen LogP contribution in [-0.2, 0) is 23.9 Å². The van der Waals surface area contributed by atoms with Crippen LogP contribution in [0.4, 0.5) is 0 Å². The van der Waals surface area contributed by atoms with Crippen molar-refractivity contribution in [3.8, 4) is 0 Å². The summed E-state index contributed by atoms with van der Waals surface area (Å²) in [6, 6.07) is -0.809. The summed E-state index contributed by atoms with van der Waals surface area (Å²) >= 11 is 0. The third-order valence-corrected chi connectivity index (χ3v) is 9.31. The molecule has 0 aliphatic carbocycles. The van der Waals surface area contributed by atoms with Crippen molar-refractivity contribution in [2.24, 2.45) is 11.8 Å². The van der Waals surface area contributed by atoms with Gasteiger partial charge in [0.15, 0.2) is 0 Å². The molecule has 10 nitrogen and oxygen atoms in total. The van der Waals surface area contributed by atoms with Gasteiger partial charge in [-0.25, -0.2) is 0 Å². The molecule has 5 rings (SSSR count). The van der Waals surface area contributed by atoms with E-state index in [0.717, 1.165) is 51.7 Å². The minimum Gasteiger partial charge on any atom is -0.396 e. The van der Waals surface area contributed by atoms with Crippen LogP contribution in [0.15, 0.2) is 24.3 Å². The summed E-state index contributed by atoms with van der Waals surface area (Å²) in [5, 5.41) is 9.17. The number of carbonyl (C=O) groups excluding carboxylic acids is 3. The highest BCUT2D eigenvalue weighted by Crippen LogP contribution is 2.57. The summed E-state index contributed by atoms with van der Waals surface area (Å²) in [6.45, 7) is 10.5. The second-order valence-corrected chi connectivity index (χ2v) is 12.0. The highest BCUT2D eigenvalue weighted by atomic mass is 16.5. The van der Waals surface area contributed by atoms with Crippen molar-refractivity contribution in [2.75, 3.05) is 72.2 Å². The Morgan fingerprint density at radius 1 is 0.850 bits per heavy atom. The number of hydrogen-bond acceptors (Lipinski definition) is 7. The summed E-state index contributed by atoms with van der Waals surface area (Å²) in [7, 11) is 0. The van der Waals surface area contributed by atoms with E-state index in [-0.39, 0.29) is 24.3 Å². The molecular weight excluding hydrogens is 512 g/mol. The Balaban J connectivity index is 1.46. The van der Waals surface area contributed by atoms with Crippen LogP contribution in [-0.4, -0.2) is 132 Å². The molecule has 40 heavy (non-hydrogen) atoms. The topological polar surface area (TPSA) is 103 Å². The number of rotatable bonds is 11. The van der Waals surface area contributed by atoms with E-state index in [2.05, 4.69) is 4.90 Å². The number of aliphatic hydroxyl groups excluding tert-OH is 1. The van der Waals surface area contributed by atoms with E-state index in [1.165, 1.54) is 0 Å². The number of amides is 3. The van der Waals surface area contributed by atoms with Gasteiger partial charge in [0.2, 0.25) is 17.7 Å². The fourth-order valence-electron chi connectivity index (χ4n) is 7.37. The van der Waals surface area contributed by atoms with E-state index in [1.54, 1.807) is 4.90 Å². The molecule has 3 amide bonds. The SMILES string of the molecule is CCCN1CC=C[C@]2(C)O[C@]34C=CCN(CCN5CCOCC5)C(=O)C3N(CCCCCCO)C(=O)[C@@H]4[C@@H]2C1=O. The maximum absolute atomic E-state index is 14.4. The van der Waals surface area contributed by atoms with Crippen LogP contribution < -0.4 is 0 Å². The maximum Gasteiger partial charge on any atom is 0.249 e. The van der Waals surface area contributed by atoms with Gasteiger partial charge >= 0.3 is 0 Å². The number of carbonyl (C=O) groups is 3. The van der Waals surface area contributed by atoms with Gasteiger partial charge in [-0.1, -0.05) is 44.1 Å². The number of nitrogens with zero attached hydrogens (tertiary/aromatic N) is 4. The number of likely N-dealkylation sites (tertiary alicyclic amines) is 1.